The highest BCUT2D eigenvalue weighted by Gasteiger charge is 2.28. The summed E-state index contributed by atoms with van der Waals surface area (Å²) < 4.78 is 16.0. The topological polar surface area (TPSA) is 48.0 Å². The number of methoxy groups -OCH3 is 3. The zero-order valence-electron chi connectivity index (χ0n) is 11.8. The second kappa shape index (κ2) is 5.38. The lowest BCUT2D eigenvalue weighted by atomic mass is 10.0. The molecule has 0 aromatic heterocycles. The van der Waals surface area contributed by atoms with Crippen LogP contribution in [-0.4, -0.2) is 45.7 Å². The number of carbonyl (C=O) groups is 1. The number of hydrogen-bond donors (Lipinski definition) is 0. The first kappa shape index (κ1) is 13.5. The molecule has 0 spiro atoms. The van der Waals surface area contributed by atoms with E-state index in [2.05, 4.69) is 0 Å². The summed E-state index contributed by atoms with van der Waals surface area (Å²) in [6, 6.07) is 1.87. The molecule has 104 valence electrons. The SMILES string of the molecule is COc1cc2c(c(OC)c1OC)C(=O)N(C)CCC2. The molecule has 5 nitrogen and oxygen atoms in total. The van der Waals surface area contributed by atoms with Crippen LogP contribution in [0.4, 0.5) is 0 Å². The van der Waals surface area contributed by atoms with Crippen molar-refractivity contribution in [3.8, 4) is 17.2 Å². The standard InChI is InChI=1S/C14H19NO4/c1-15-7-5-6-9-8-10(17-2)12(18-3)13(19-4)11(9)14(15)16/h8H,5-7H2,1-4H3. The summed E-state index contributed by atoms with van der Waals surface area (Å²) in [5.41, 5.74) is 1.53. The van der Waals surface area contributed by atoms with Crippen molar-refractivity contribution < 1.29 is 19.0 Å². The van der Waals surface area contributed by atoms with E-state index in [0.29, 0.717) is 22.8 Å². The van der Waals surface area contributed by atoms with Gasteiger partial charge in [0.2, 0.25) is 5.75 Å². The third-order valence-electron chi connectivity index (χ3n) is 3.41. The fourth-order valence-corrected chi connectivity index (χ4v) is 2.44. The van der Waals surface area contributed by atoms with Crippen molar-refractivity contribution in [3.63, 3.8) is 0 Å². The molecule has 5 heteroatoms. The molecule has 1 aromatic carbocycles. The van der Waals surface area contributed by atoms with Crippen LogP contribution in [0.5, 0.6) is 17.2 Å². The molecule has 1 aliphatic rings. The van der Waals surface area contributed by atoms with Crippen LogP contribution < -0.4 is 14.2 Å². The first-order valence-electron chi connectivity index (χ1n) is 6.21. The number of hydrogen-bond acceptors (Lipinski definition) is 4. The Labute approximate surface area is 113 Å². The van der Waals surface area contributed by atoms with Gasteiger partial charge >= 0.3 is 0 Å². The quantitative estimate of drug-likeness (QED) is 0.835. The van der Waals surface area contributed by atoms with Crippen molar-refractivity contribution in [3.05, 3.63) is 17.2 Å². The van der Waals surface area contributed by atoms with E-state index in [1.165, 1.54) is 14.2 Å². The Morgan fingerprint density at radius 3 is 2.37 bits per heavy atom. The molecule has 0 atom stereocenters. The predicted molar refractivity (Wildman–Crippen MR) is 71.4 cm³/mol. The molecule has 1 heterocycles. The summed E-state index contributed by atoms with van der Waals surface area (Å²) in [5, 5.41) is 0. The molecular formula is C14H19NO4. The lowest BCUT2D eigenvalue weighted by Crippen LogP contribution is -2.26. The molecule has 1 amide bonds. The molecule has 0 unspecified atom stereocenters. The lowest BCUT2D eigenvalue weighted by Gasteiger charge is -2.19. The van der Waals surface area contributed by atoms with Crippen molar-refractivity contribution in [1.29, 1.82) is 0 Å². The van der Waals surface area contributed by atoms with Gasteiger partial charge in [0.1, 0.15) is 0 Å². The maximum absolute atomic E-state index is 12.4. The number of benzene rings is 1. The summed E-state index contributed by atoms with van der Waals surface area (Å²) in [7, 11) is 6.45. The van der Waals surface area contributed by atoms with Gasteiger partial charge in [-0.3, -0.25) is 4.79 Å². The van der Waals surface area contributed by atoms with Crippen LogP contribution in [0, 0.1) is 0 Å². The smallest absolute Gasteiger partial charge is 0.257 e. The first-order chi connectivity index (χ1) is 9.13. The summed E-state index contributed by atoms with van der Waals surface area (Å²) in [6.45, 7) is 0.737. The van der Waals surface area contributed by atoms with Crippen LogP contribution in [0.1, 0.15) is 22.3 Å². The molecule has 1 aliphatic heterocycles. The van der Waals surface area contributed by atoms with Gasteiger partial charge in [-0.25, -0.2) is 0 Å². The highest BCUT2D eigenvalue weighted by molar-refractivity contribution is 6.00. The minimum Gasteiger partial charge on any atom is -0.493 e. The Hall–Kier alpha value is -1.91. The highest BCUT2D eigenvalue weighted by atomic mass is 16.5. The monoisotopic (exact) mass is 265 g/mol. The molecule has 2 rings (SSSR count). The summed E-state index contributed by atoms with van der Waals surface area (Å²) in [4.78, 5) is 14.1. The van der Waals surface area contributed by atoms with Gasteiger partial charge in [0.25, 0.3) is 5.91 Å². The van der Waals surface area contributed by atoms with Crippen LogP contribution in [0.2, 0.25) is 0 Å². The molecule has 0 N–H and O–H groups in total. The number of aryl methyl sites for hydroxylation is 1. The maximum Gasteiger partial charge on any atom is 0.257 e. The largest absolute Gasteiger partial charge is 0.493 e. The zero-order chi connectivity index (χ0) is 14.0. The van der Waals surface area contributed by atoms with E-state index in [9.17, 15) is 4.79 Å². The molecular weight excluding hydrogens is 246 g/mol. The van der Waals surface area contributed by atoms with E-state index in [1.54, 1.807) is 19.1 Å². The van der Waals surface area contributed by atoms with Crippen molar-refractivity contribution in [2.45, 2.75) is 12.8 Å². The van der Waals surface area contributed by atoms with E-state index >= 15 is 0 Å². The van der Waals surface area contributed by atoms with Crippen LogP contribution in [0.3, 0.4) is 0 Å². The van der Waals surface area contributed by atoms with Gasteiger partial charge in [-0.05, 0) is 24.5 Å². The van der Waals surface area contributed by atoms with Crippen LogP contribution in [-0.2, 0) is 6.42 Å². The van der Waals surface area contributed by atoms with Gasteiger partial charge in [0.05, 0.1) is 26.9 Å². The second-order valence-corrected chi connectivity index (χ2v) is 4.51. The molecule has 1 aromatic rings. The van der Waals surface area contributed by atoms with Gasteiger partial charge in [-0.15, -0.1) is 0 Å². The Bertz CT molecular complexity index is 499. The van der Waals surface area contributed by atoms with E-state index < -0.39 is 0 Å². The number of amides is 1. The average molecular weight is 265 g/mol. The molecule has 0 fully saturated rings. The average Bonchev–Trinajstić information content (AvgIpc) is 2.57. The lowest BCUT2D eigenvalue weighted by molar-refractivity contribution is 0.0796. The van der Waals surface area contributed by atoms with Crippen LogP contribution in [0.25, 0.3) is 0 Å². The van der Waals surface area contributed by atoms with E-state index in [0.717, 1.165) is 24.9 Å². The zero-order valence-corrected chi connectivity index (χ0v) is 11.8. The number of carbonyl (C=O) groups excluding carboxylic acids is 1. The van der Waals surface area contributed by atoms with E-state index in [1.807, 2.05) is 6.07 Å². The van der Waals surface area contributed by atoms with Gasteiger partial charge in [0, 0.05) is 13.6 Å². The minimum atomic E-state index is -0.0368. The third kappa shape index (κ3) is 2.20. The second-order valence-electron chi connectivity index (χ2n) is 4.51. The van der Waals surface area contributed by atoms with E-state index in [-0.39, 0.29) is 5.91 Å². The fourth-order valence-electron chi connectivity index (χ4n) is 2.44. The Morgan fingerprint density at radius 2 is 1.79 bits per heavy atom. The highest BCUT2D eigenvalue weighted by Crippen LogP contribution is 2.43. The number of nitrogens with zero attached hydrogens (tertiary/aromatic N) is 1. The van der Waals surface area contributed by atoms with Crippen LogP contribution in [0.15, 0.2) is 6.07 Å². The van der Waals surface area contributed by atoms with Crippen LogP contribution >= 0.6 is 0 Å². The van der Waals surface area contributed by atoms with Gasteiger partial charge in [-0.1, -0.05) is 0 Å². The molecule has 0 saturated heterocycles. The Kier molecular flexibility index (Phi) is 3.83. The number of fused-ring (bicyclic) bond motifs is 1. The fraction of sp³-hybridized carbons (Fsp3) is 0.500. The molecule has 0 saturated carbocycles. The van der Waals surface area contributed by atoms with E-state index in [4.69, 9.17) is 14.2 Å². The molecule has 19 heavy (non-hydrogen) atoms. The Balaban J connectivity index is 2.70. The van der Waals surface area contributed by atoms with Crippen molar-refractivity contribution >= 4 is 5.91 Å². The third-order valence-corrected chi connectivity index (χ3v) is 3.41. The van der Waals surface area contributed by atoms with Gasteiger partial charge in [0.15, 0.2) is 11.5 Å². The molecule has 0 bridgehead atoms. The molecule has 0 radical (unpaired) electrons. The summed E-state index contributed by atoms with van der Waals surface area (Å²) >= 11 is 0. The van der Waals surface area contributed by atoms with Gasteiger partial charge in [-0.2, -0.15) is 0 Å². The number of ether oxygens (including phenoxy) is 3. The van der Waals surface area contributed by atoms with Crippen molar-refractivity contribution in [2.24, 2.45) is 0 Å². The summed E-state index contributed by atoms with van der Waals surface area (Å²) in [5.74, 6) is 1.48. The van der Waals surface area contributed by atoms with Crippen molar-refractivity contribution in [1.82, 2.24) is 4.90 Å². The first-order valence-corrected chi connectivity index (χ1v) is 6.21. The minimum absolute atomic E-state index is 0.0368. The number of rotatable bonds is 3. The maximum atomic E-state index is 12.4. The normalized spacial score (nSPS) is 14.7. The summed E-state index contributed by atoms with van der Waals surface area (Å²) in [6.07, 6.45) is 1.75. The van der Waals surface area contributed by atoms with Crippen molar-refractivity contribution in [2.75, 3.05) is 34.9 Å². The molecule has 0 aliphatic carbocycles. The predicted octanol–water partition coefficient (Wildman–Crippen LogP) is 1.73. The Morgan fingerprint density at radius 1 is 1.11 bits per heavy atom. The van der Waals surface area contributed by atoms with Gasteiger partial charge < -0.3 is 19.1 Å².